The summed E-state index contributed by atoms with van der Waals surface area (Å²) >= 11 is 0. The smallest absolute Gasteiger partial charge is 0.127 e. The van der Waals surface area contributed by atoms with E-state index in [-0.39, 0.29) is 0 Å². The highest BCUT2D eigenvalue weighted by Crippen LogP contribution is 2.10. The largest absolute Gasteiger partial charge is 0.264 e. The Bertz CT molecular complexity index is 171. The van der Waals surface area contributed by atoms with Crippen molar-refractivity contribution in [1.82, 2.24) is 0 Å². The molecular weight excluding hydrogens is 153 g/mol. The standard InChI is InChI=1S/C10H18FN/c1-8(2)9(3)5-6-12-10(4)7-11/h5-6,8-9H,7H2,1-4H3/b6-5-,12-10?. The molecule has 0 fully saturated rings. The summed E-state index contributed by atoms with van der Waals surface area (Å²) in [6.07, 6.45) is 3.70. The van der Waals surface area contributed by atoms with Crippen molar-refractivity contribution >= 4 is 5.71 Å². The fourth-order valence-electron chi connectivity index (χ4n) is 0.563. The van der Waals surface area contributed by atoms with E-state index in [1.165, 1.54) is 0 Å². The van der Waals surface area contributed by atoms with Gasteiger partial charge in [0.2, 0.25) is 0 Å². The molecule has 1 atom stereocenters. The Morgan fingerprint density at radius 1 is 1.42 bits per heavy atom. The van der Waals surface area contributed by atoms with Crippen LogP contribution < -0.4 is 0 Å². The molecule has 0 saturated carbocycles. The third-order valence-corrected chi connectivity index (χ3v) is 1.93. The van der Waals surface area contributed by atoms with E-state index in [9.17, 15) is 4.39 Å². The number of nitrogens with zero attached hydrogens (tertiary/aromatic N) is 1. The molecule has 70 valence electrons. The van der Waals surface area contributed by atoms with Crippen LogP contribution >= 0.6 is 0 Å². The Morgan fingerprint density at radius 3 is 2.42 bits per heavy atom. The van der Waals surface area contributed by atoms with Crippen molar-refractivity contribution in [2.75, 3.05) is 6.67 Å². The second kappa shape index (κ2) is 5.92. The predicted molar refractivity (Wildman–Crippen MR) is 52.2 cm³/mol. The van der Waals surface area contributed by atoms with E-state index < -0.39 is 6.67 Å². The van der Waals surface area contributed by atoms with E-state index in [4.69, 9.17) is 0 Å². The van der Waals surface area contributed by atoms with E-state index in [1.807, 2.05) is 6.08 Å². The molecule has 0 aromatic rings. The molecule has 0 amide bonds. The molecule has 0 aromatic carbocycles. The molecule has 0 aliphatic rings. The molecule has 1 unspecified atom stereocenters. The second-order valence-electron chi connectivity index (χ2n) is 3.44. The fraction of sp³-hybridized carbons (Fsp3) is 0.700. The molecular formula is C10H18FN. The van der Waals surface area contributed by atoms with Gasteiger partial charge in [-0.2, -0.15) is 0 Å². The van der Waals surface area contributed by atoms with Crippen LogP contribution in [0.2, 0.25) is 0 Å². The van der Waals surface area contributed by atoms with Crippen molar-refractivity contribution in [2.24, 2.45) is 16.8 Å². The van der Waals surface area contributed by atoms with Gasteiger partial charge < -0.3 is 0 Å². The van der Waals surface area contributed by atoms with Gasteiger partial charge in [0.05, 0.1) is 0 Å². The molecule has 0 aliphatic carbocycles. The van der Waals surface area contributed by atoms with Crippen LogP contribution in [0.5, 0.6) is 0 Å². The summed E-state index contributed by atoms with van der Waals surface area (Å²) in [6.45, 7) is 7.66. The third-order valence-electron chi connectivity index (χ3n) is 1.93. The van der Waals surface area contributed by atoms with Gasteiger partial charge in [0.25, 0.3) is 0 Å². The Hall–Kier alpha value is -0.660. The van der Waals surface area contributed by atoms with Gasteiger partial charge in [-0.25, -0.2) is 4.39 Å². The Labute approximate surface area is 74.4 Å². The molecule has 0 radical (unpaired) electrons. The summed E-state index contributed by atoms with van der Waals surface area (Å²) in [5.74, 6) is 1.11. The number of hydrogen-bond donors (Lipinski definition) is 0. The zero-order valence-corrected chi connectivity index (χ0v) is 8.34. The summed E-state index contributed by atoms with van der Waals surface area (Å²) in [4.78, 5) is 3.93. The number of rotatable bonds is 4. The van der Waals surface area contributed by atoms with E-state index in [0.717, 1.165) is 0 Å². The van der Waals surface area contributed by atoms with Gasteiger partial charge in [0, 0.05) is 11.9 Å². The summed E-state index contributed by atoms with van der Waals surface area (Å²) in [7, 11) is 0. The minimum absolute atomic E-state index is 0.458. The summed E-state index contributed by atoms with van der Waals surface area (Å²) in [6, 6.07) is 0. The Balaban J connectivity index is 3.91. The van der Waals surface area contributed by atoms with Crippen LogP contribution in [0.25, 0.3) is 0 Å². The van der Waals surface area contributed by atoms with Crippen molar-refractivity contribution in [3.8, 4) is 0 Å². The van der Waals surface area contributed by atoms with E-state index in [2.05, 4.69) is 25.8 Å². The van der Waals surface area contributed by atoms with Crippen LogP contribution in [0.15, 0.2) is 17.3 Å². The van der Waals surface area contributed by atoms with Crippen LogP contribution in [0.4, 0.5) is 4.39 Å². The number of allylic oxidation sites excluding steroid dienone is 1. The average molecular weight is 171 g/mol. The van der Waals surface area contributed by atoms with Crippen molar-refractivity contribution in [3.63, 3.8) is 0 Å². The van der Waals surface area contributed by atoms with Gasteiger partial charge >= 0.3 is 0 Å². The lowest BCUT2D eigenvalue weighted by Crippen LogP contribution is -1.99. The molecule has 0 spiro atoms. The van der Waals surface area contributed by atoms with Crippen LogP contribution in [0, 0.1) is 11.8 Å². The maximum atomic E-state index is 11.9. The highest BCUT2D eigenvalue weighted by molar-refractivity contribution is 5.83. The number of alkyl halides is 1. The summed E-state index contributed by atoms with van der Waals surface area (Å²) < 4.78 is 11.9. The first kappa shape index (κ1) is 11.3. The van der Waals surface area contributed by atoms with Crippen molar-refractivity contribution in [1.29, 1.82) is 0 Å². The quantitative estimate of drug-likeness (QED) is 0.576. The van der Waals surface area contributed by atoms with Gasteiger partial charge in [-0.3, -0.25) is 4.99 Å². The molecule has 2 heteroatoms. The highest BCUT2D eigenvalue weighted by Gasteiger charge is 2.00. The van der Waals surface area contributed by atoms with Gasteiger partial charge in [0.1, 0.15) is 6.67 Å². The highest BCUT2D eigenvalue weighted by atomic mass is 19.1. The predicted octanol–water partition coefficient (Wildman–Crippen LogP) is 3.22. The minimum Gasteiger partial charge on any atom is -0.264 e. The zero-order valence-electron chi connectivity index (χ0n) is 8.34. The Morgan fingerprint density at radius 2 is 2.00 bits per heavy atom. The first-order valence-electron chi connectivity index (χ1n) is 4.33. The van der Waals surface area contributed by atoms with E-state index in [0.29, 0.717) is 17.5 Å². The molecule has 0 N–H and O–H groups in total. The minimum atomic E-state index is -0.458. The molecule has 0 rings (SSSR count). The number of hydrogen-bond acceptors (Lipinski definition) is 1. The molecule has 0 aromatic heterocycles. The molecule has 0 aliphatic heterocycles. The maximum absolute atomic E-state index is 11.9. The van der Waals surface area contributed by atoms with Crippen molar-refractivity contribution in [3.05, 3.63) is 12.3 Å². The summed E-state index contributed by atoms with van der Waals surface area (Å²) in [5.41, 5.74) is 0.530. The summed E-state index contributed by atoms with van der Waals surface area (Å²) in [5, 5.41) is 0. The van der Waals surface area contributed by atoms with E-state index >= 15 is 0 Å². The SMILES string of the molecule is CC(CF)=N/C=C\C(C)C(C)C. The molecule has 0 heterocycles. The number of aliphatic imine (C=N–C) groups is 1. The lowest BCUT2D eigenvalue weighted by molar-refractivity contribution is 0.503. The van der Waals surface area contributed by atoms with Crippen LogP contribution in [0.1, 0.15) is 27.7 Å². The average Bonchev–Trinajstić information content (AvgIpc) is 2.03. The van der Waals surface area contributed by atoms with Crippen LogP contribution in [-0.4, -0.2) is 12.4 Å². The molecule has 0 saturated heterocycles. The van der Waals surface area contributed by atoms with E-state index in [1.54, 1.807) is 13.1 Å². The zero-order chi connectivity index (χ0) is 9.56. The molecule has 0 bridgehead atoms. The number of halogens is 1. The van der Waals surface area contributed by atoms with Gasteiger partial charge in [0.15, 0.2) is 0 Å². The topological polar surface area (TPSA) is 12.4 Å². The van der Waals surface area contributed by atoms with Gasteiger partial charge in [-0.1, -0.05) is 26.8 Å². The van der Waals surface area contributed by atoms with Gasteiger partial charge in [-0.05, 0) is 18.8 Å². The van der Waals surface area contributed by atoms with Crippen LogP contribution in [0.3, 0.4) is 0 Å². The molecule has 1 nitrogen and oxygen atoms in total. The molecule has 12 heavy (non-hydrogen) atoms. The van der Waals surface area contributed by atoms with Crippen molar-refractivity contribution in [2.45, 2.75) is 27.7 Å². The lowest BCUT2D eigenvalue weighted by atomic mass is 9.98. The lowest BCUT2D eigenvalue weighted by Gasteiger charge is -2.08. The van der Waals surface area contributed by atoms with Crippen molar-refractivity contribution < 1.29 is 4.39 Å². The maximum Gasteiger partial charge on any atom is 0.127 e. The van der Waals surface area contributed by atoms with Crippen LogP contribution in [-0.2, 0) is 0 Å². The Kier molecular flexibility index (Phi) is 5.60. The first-order chi connectivity index (χ1) is 5.57. The first-order valence-corrected chi connectivity index (χ1v) is 4.33. The monoisotopic (exact) mass is 171 g/mol. The van der Waals surface area contributed by atoms with Gasteiger partial charge in [-0.15, -0.1) is 0 Å². The fourth-order valence-corrected chi connectivity index (χ4v) is 0.563. The second-order valence-corrected chi connectivity index (χ2v) is 3.44. The normalized spacial score (nSPS) is 16.0. The third kappa shape index (κ3) is 5.05.